The fourth-order valence-corrected chi connectivity index (χ4v) is 3.34. The van der Waals surface area contributed by atoms with E-state index in [0.717, 1.165) is 25.7 Å². The van der Waals surface area contributed by atoms with Crippen molar-refractivity contribution in [3.63, 3.8) is 0 Å². The van der Waals surface area contributed by atoms with Crippen LogP contribution in [0, 0.1) is 11.2 Å². The predicted octanol–water partition coefficient (Wildman–Crippen LogP) is 3.64. The minimum atomic E-state index is -1.17. The number of rotatable bonds is 5. The molecule has 0 radical (unpaired) electrons. The van der Waals surface area contributed by atoms with Crippen LogP contribution in [-0.2, 0) is 0 Å². The number of halogens is 2. The summed E-state index contributed by atoms with van der Waals surface area (Å²) in [5.74, 6) is -1.79. The quantitative estimate of drug-likeness (QED) is 0.750. The second-order valence-corrected chi connectivity index (χ2v) is 6.46. The van der Waals surface area contributed by atoms with Gasteiger partial charge in [-0.2, -0.15) is 0 Å². The van der Waals surface area contributed by atoms with Gasteiger partial charge in [0.2, 0.25) is 0 Å². The number of carboxylic acids is 1. The van der Waals surface area contributed by atoms with E-state index in [2.05, 4.69) is 21.2 Å². The van der Waals surface area contributed by atoms with Crippen LogP contribution in [0.15, 0.2) is 16.6 Å². The second kappa shape index (κ2) is 6.75. The lowest BCUT2D eigenvalue weighted by atomic mass is 9.74. The van der Waals surface area contributed by atoms with E-state index in [9.17, 15) is 14.3 Å². The molecular weight excluding hydrogens is 341 g/mol. The largest absolute Gasteiger partial charge is 0.478 e. The number of anilines is 1. The Morgan fingerprint density at radius 3 is 2.57 bits per heavy atom. The molecule has 0 amide bonds. The van der Waals surface area contributed by atoms with Crippen molar-refractivity contribution >= 4 is 27.6 Å². The first-order chi connectivity index (χ1) is 9.99. The number of nitrogens with one attached hydrogen (secondary N) is 1. The van der Waals surface area contributed by atoms with Crippen molar-refractivity contribution in [1.82, 2.24) is 0 Å². The van der Waals surface area contributed by atoms with E-state index in [-0.39, 0.29) is 27.7 Å². The highest BCUT2D eigenvalue weighted by Gasteiger charge is 2.31. The van der Waals surface area contributed by atoms with E-state index >= 15 is 0 Å². The highest BCUT2D eigenvalue weighted by molar-refractivity contribution is 9.10. The summed E-state index contributed by atoms with van der Waals surface area (Å²) in [7, 11) is 0. The van der Waals surface area contributed by atoms with E-state index in [1.54, 1.807) is 0 Å². The van der Waals surface area contributed by atoms with E-state index in [0.29, 0.717) is 6.54 Å². The molecule has 0 aliphatic heterocycles. The molecule has 4 nitrogen and oxygen atoms in total. The van der Waals surface area contributed by atoms with Gasteiger partial charge in [-0.15, -0.1) is 0 Å². The average molecular weight is 360 g/mol. The molecule has 0 unspecified atom stereocenters. The van der Waals surface area contributed by atoms with Crippen LogP contribution in [0.4, 0.5) is 10.1 Å². The molecular formula is C15H19BrFNO3. The number of aliphatic hydroxyl groups is 1. The van der Waals surface area contributed by atoms with Crippen LogP contribution < -0.4 is 5.32 Å². The van der Waals surface area contributed by atoms with Gasteiger partial charge in [0.15, 0.2) is 5.82 Å². The van der Waals surface area contributed by atoms with Crippen molar-refractivity contribution in [2.75, 3.05) is 18.5 Å². The lowest BCUT2D eigenvalue weighted by Gasteiger charge is -2.36. The monoisotopic (exact) mass is 359 g/mol. The molecule has 3 N–H and O–H groups in total. The second-order valence-electron chi connectivity index (χ2n) is 5.67. The third-order valence-electron chi connectivity index (χ3n) is 4.22. The smallest absolute Gasteiger partial charge is 0.336 e. The molecule has 0 bridgehead atoms. The van der Waals surface area contributed by atoms with E-state index < -0.39 is 11.8 Å². The topological polar surface area (TPSA) is 69.6 Å². The summed E-state index contributed by atoms with van der Waals surface area (Å²) >= 11 is 2.98. The Morgan fingerprint density at radius 2 is 2.00 bits per heavy atom. The molecule has 1 fully saturated rings. The lowest BCUT2D eigenvalue weighted by molar-refractivity contribution is 0.0695. The number of aromatic carboxylic acids is 1. The van der Waals surface area contributed by atoms with Gasteiger partial charge in [-0.25, -0.2) is 9.18 Å². The standard InChI is InChI=1S/C15H19BrFNO3/c16-12-10(14(20)21)4-5-11(13(12)17)18-8-15(9-19)6-2-1-3-7-15/h4-5,18-19H,1-3,6-9H2,(H,20,21). The third-order valence-corrected chi connectivity index (χ3v) is 4.99. The van der Waals surface area contributed by atoms with Gasteiger partial charge in [0, 0.05) is 12.0 Å². The van der Waals surface area contributed by atoms with Crippen molar-refractivity contribution in [3.8, 4) is 0 Å². The Kier molecular flexibility index (Phi) is 5.22. The number of carbonyl (C=O) groups is 1. The zero-order chi connectivity index (χ0) is 15.5. The highest BCUT2D eigenvalue weighted by atomic mass is 79.9. The molecule has 21 heavy (non-hydrogen) atoms. The fourth-order valence-electron chi connectivity index (χ4n) is 2.83. The molecule has 0 saturated heterocycles. The van der Waals surface area contributed by atoms with Crippen LogP contribution >= 0.6 is 15.9 Å². The van der Waals surface area contributed by atoms with Gasteiger partial charge in [0.25, 0.3) is 0 Å². The summed E-state index contributed by atoms with van der Waals surface area (Å²) in [6.07, 6.45) is 5.17. The van der Waals surface area contributed by atoms with Gasteiger partial charge in [-0.3, -0.25) is 0 Å². The maximum absolute atomic E-state index is 14.2. The summed E-state index contributed by atoms with van der Waals surface area (Å²) in [6.45, 7) is 0.565. The zero-order valence-corrected chi connectivity index (χ0v) is 13.2. The normalized spacial score (nSPS) is 17.5. The first kappa shape index (κ1) is 16.2. The SMILES string of the molecule is O=C(O)c1ccc(NCC2(CO)CCCCC2)c(F)c1Br. The van der Waals surface area contributed by atoms with E-state index in [4.69, 9.17) is 5.11 Å². The molecule has 0 spiro atoms. The van der Waals surface area contributed by atoms with Gasteiger partial charge in [-0.1, -0.05) is 19.3 Å². The van der Waals surface area contributed by atoms with Crippen molar-refractivity contribution < 1.29 is 19.4 Å². The zero-order valence-electron chi connectivity index (χ0n) is 11.7. The van der Waals surface area contributed by atoms with Crippen LogP contribution in [0.5, 0.6) is 0 Å². The van der Waals surface area contributed by atoms with Gasteiger partial charge in [0.05, 0.1) is 22.3 Å². The van der Waals surface area contributed by atoms with Crippen LogP contribution in [0.25, 0.3) is 0 Å². The Balaban J connectivity index is 2.13. The molecule has 1 aromatic rings. The molecule has 0 atom stereocenters. The van der Waals surface area contributed by atoms with Crippen LogP contribution in [0.1, 0.15) is 42.5 Å². The number of hydrogen-bond acceptors (Lipinski definition) is 3. The molecule has 6 heteroatoms. The summed E-state index contributed by atoms with van der Waals surface area (Å²) in [5.41, 5.74) is -0.0549. The lowest BCUT2D eigenvalue weighted by Crippen LogP contribution is -2.35. The molecule has 1 aliphatic rings. The van der Waals surface area contributed by atoms with Gasteiger partial charge in [0.1, 0.15) is 0 Å². The summed E-state index contributed by atoms with van der Waals surface area (Å²) in [5, 5.41) is 21.6. The third kappa shape index (κ3) is 3.55. The Bertz CT molecular complexity index is 530. The molecule has 0 aromatic heterocycles. The van der Waals surface area contributed by atoms with E-state index in [1.807, 2.05) is 0 Å². The minimum absolute atomic E-state index is 0.0540. The van der Waals surface area contributed by atoms with Gasteiger partial charge in [-0.05, 0) is 40.9 Å². The van der Waals surface area contributed by atoms with Gasteiger partial charge >= 0.3 is 5.97 Å². The van der Waals surface area contributed by atoms with Crippen LogP contribution in [0.2, 0.25) is 0 Å². The number of aliphatic hydroxyl groups excluding tert-OH is 1. The number of hydrogen-bond donors (Lipinski definition) is 3. The number of benzene rings is 1. The van der Waals surface area contributed by atoms with Crippen molar-refractivity contribution in [3.05, 3.63) is 28.0 Å². The molecule has 2 rings (SSSR count). The molecule has 1 aromatic carbocycles. The van der Waals surface area contributed by atoms with Crippen molar-refractivity contribution in [1.29, 1.82) is 0 Å². The average Bonchev–Trinajstić information content (AvgIpc) is 2.49. The fraction of sp³-hybridized carbons (Fsp3) is 0.533. The molecule has 0 heterocycles. The molecule has 1 saturated carbocycles. The Labute approximate surface area is 131 Å². The minimum Gasteiger partial charge on any atom is -0.478 e. The Hall–Kier alpha value is -1.14. The van der Waals surface area contributed by atoms with Gasteiger partial charge < -0.3 is 15.5 Å². The summed E-state index contributed by atoms with van der Waals surface area (Å²) < 4.78 is 14.1. The number of carboxylic acid groups (broad SMARTS) is 1. The highest BCUT2D eigenvalue weighted by Crippen LogP contribution is 2.36. The summed E-state index contributed by atoms with van der Waals surface area (Å²) in [6, 6.07) is 2.79. The predicted molar refractivity (Wildman–Crippen MR) is 82.2 cm³/mol. The van der Waals surface area contributed by atoms with Crippen molar-refractivity contribution in [2.24, 2.45) is 5.41 Å². The van der Waals surface area contributed by atoms with Crippen LogP contribution in [0.3, 0.4) is 0 Å². The maximum Gasteiger partial charge on any atom is 0.336 e. The molecule has 116 valence electrons. The van der Waals surface area contributed by atoms with E-state index in [1.165, 1.54) is 18.6 Å². The Morgan fingerprint density at radius 1 is 1.33 bits per heavy atom. The maximum atomic E-state index is 14.2. The van der Waals surface area contributed by atoms with Crippen molar-refractivity contribution in [2.45, 2.75) is 32.1 Å². The summed E-state index contributed by atoms with van der Waals surface area (Å²) in [4.78, 5) is 10.9. The first-order valence-corrected chi connectivity index (χ1v) is 7.84. The first-order valence-electron chi connectivity index (χ1n) is 7.05. The van der Waals surface area contributed by atoms with Crippen LogP contribution in [-0.4, -0.2) is 29.3 Å². The molecule has 1 aliphatic carbocycles.